The molecule has 0 atom stereocenters. The van der Waals surface area contributed by atoms with Crippen molar-refractivity contribution in [1.82, 2.24) is 9.55 Å². The van der Waals surface area contributed by atoms with E-state index in [1.54, 1.807) is 61.5 Å². The van der Waals surface area contributed by atoms with Crippen molar-refractivity contribution >= 4 is 26.6 Å². The topological polar surface area (TPSA) is 90.3 Å². The number of aromatic nitrogens is 2. The van der Waals surface area contributed by atoms with E-state index >= 15 is 0 Å². The minimum atomic E-state index is -3.87. The predicted octanol–water partition coefficient (Wildman–Crippen LogP) is 5.29. The first-order valence-corrected chi connectivity index (χ1v) is 12.3. The number of anilines is 1. The molecule has 7 nitrogen and oxygen atoms in total. The summed E-state index contributed by atoms with van der Waals surface area (Å²) in [6, 6.07) is 29.2. The molecule has 0 unspecified atom stereocenters. The van der Waals surface area contributed by atoms with Gasteiger partial charge in [0.05, 0.1) is 27.2 Å². The van der Waals surface area contributed by atoms with Gasteiger partial charge >= 0.3 is 0 Å². The first kappa shape index (κ1) is 22.4. The summed E-state index contributed by atoms with van der Waals surface area (Å²) in [4.78, 5) is 17.7. The van der Waals surface area contributed by atoms with Crippen molar-refractivity contribution in [3.8, 4) is 17.2 Å². The number of rotatable bonds is 6. The standard InChI is InChI=1S/C27H21N3O4S/c1-19-28-26-13-6-5-12-25(26)27(31)30(19)21-9-7-8-20(18-21)29-35(32,33)24-16-14-23(15-17-24)34-22-10-3-2-4-11-22/h2-18,29H,1H3. The van der Waals surface area contributed by atoms with E-state index in [0.29, 0.717) is 39.6 Å². The molecule has 0 bridgehead atoms. The molecule has 174 valence electrons. The van der Waals surface area contributed by atoms with E-state index in [1.807, 2.05) is 36.4 Å². The van der Waals surface area contributed by atoms with Gasteiger partial charge in [-0.25, -0.2) is 13.4 Å². The molecular weight excluding hydrogens is 462 g/mol. The lowest BCUT2D eigenvalue weighted by atomic mass is 10.2. The van der Waals surface area contributed by atoms with Gasteiger partial charge in [0.25, 0.3) is 15.6 Å². The molecule has 5 aromatic rings. The maximum Gasteiger partial charge on any atom is 0.265 e. The van der Waals surface area contributed by atoms with Gasteiger partial charge in [-0.1, -0.05) is 36.4 Å². The number of sulfonamides is 1. The summed E-state index contributed by atoms with van der Waals surface area (Å²) in [6.07, 6.45) is 0. The van der Waals surface area contributed by atoms with Crippen molar-refractivity contribution in [3.63, 3.8) is 0 Å². The lowest BCUT2D eigenvalue weighted by Gasteiger charge is -2.13. The lowest BCUT2D eigenvalue weighted by molar-refractivity contribution is 0.482. The summed E-state index contributed by atoms with van der Waals surface area (Å²) in [5.41, 5.74) is 1.23. The molecule has 0 aliphatic rings. The molecule has 0 radical (unpaired) electrons. The van der Waals surface area contributed by atoms with Crippen LogP contribution in [0.2, 0.25) is 0 Å². The molecule has 0 saturated heterocycles. The summed E-state index contributed by atoms with van der Waals surface area (Å²) in [5.74, 6) is 1.69. The Morgan fingerprint density at radius 1 is 0.800 bits per heavy atom. The van der Waals surface area contributed by atoms with E-state index < -0.39 is 10.0 Å². The Kier molecular flexibility index (Phi) is 5.80. The monoisotopic (exact) mass is 483 g/mol. The van der Waals surface area contributed by atoms with Gasteiger partial charge in [-0.15, -0.1) is 0 Å². The van der Waals surface area contributed by atoms with Crippen LogP contribution >= 0.6 is 0 Å². The number of nitrogens with one attached hydrogen (secondary N) is 1. The van der Waals surface area contributed by atoms with Crippen LogP contribution in [-0.4, -0.2) is 18.0 Å². The Morgan fingerprint density at radius 2 is 1.49 bits per heavy atom. The molecular formula is C27H21N3O4S. The Bertz CT molecular complexity index is 1680. The summed E-state index contributed by atoms with van der Waals surface area (Å²) in [7, 11) is -3.87. The van der Waals surface area contributed by atoms with E-state index in [2.05, 4.69) is 9.71 Å². The zero-order valence-corrected chi connectivity index (χ0v) is 19.6. The van der Waals surface area contributed by atoms with Crippen LogP contribution in [0.5, 0.6) is 11.5 Å². The molecule has 1 N–H and O–H groups in total. The highest BCUT2D eigenvalue weighted by molar-refractivity contribution is 7.92. The Labute approximate surface area is 202 Å². The highest BCUT2D eigenvalue weighted by Crippen LogP contribution is 2.24. The number of aryl methyl sites for hydroxylation is 1. The maximum absolute atomic E-state index is 13.1. The van der Waals surface area contributed by atoms with Crippen molar-refractivity contribution in [2.45, 2.75) is 11.8 Å². The van der Waals surface area contributed by atoms with Crippen LogP contribution in [0, 0.1) is 6.92 Å². The molecule has 0 aliphatic heterocycles. The highest BCUT2D eigenvalue weighted by atomic mass is 32.2. The molecule has 0 amide bonds. The Hall–Kier alpha value is -4.43. The Balaban J connectivity index is 1.42. The minimum Gasteiger partial charge on any atom is -0.457 e. The van der Waals surface area contributed by atoms with E-state index in [0.717, 1.165) is 0 Å². The first-order valence-electron chi connectivity index (χ1n) is 10.9. The van der Waals surface area contributed by atoms with E-state index in [9.17, 15) is 13.2 Å². The molecule has 35 heavy (non-hydrogen) atoms. The quantitative estimate of drug-likeness (QED) is 0.355. The molecule has 8 heteroatoms. The lowest BCUT2D eigenvalue weighted by Crippen LogP contribution is -2.22. The molecule has 0 spiro atoms. The number of benzene rings is 4. The predicted molar refractivity (Wildman–Crippen MR) is 136 cm³/mol. The molecule has 4 aromatic carbocycles. The summed E-state index contributed by atoms with van der Waals surface area (Å²) >= 11 is 0. The maximum atomic E-state index is 13.1. The zero-order valence-electron chi connectivity index (χ0n) is 18.8. The first-order chi connectivity index (χ1) is 16.9. The second-order valence-corrected chi connectivity index (χ2v) is 9.54. The fourth-order valence-corrected chi connectivity index (χ4v) is 4.83. The summed E-state index contributed by atoms with van der Waals surface area (Å²) in [6.45, 7) is 1.74. The van der Waals surface area contributed by atoms with Crippen LogP contribution < -0.4 is 15.0 Å². The van der Waals surface area contributed by atoms with Crippen LogP contribution in [-0.2, 0) is 10.0 Å². The van der Waals surface area contributed by atoms with E-state index in [-0.39, 0.29) is 10.5 Å². The zero-order chi connectivity index (χ0) is 24.4. The van der Waals surface area contributed by atoms with Crippen LogP contribution in [0.1, 0.15) is 5.82 Å². The van der Waals surface area contributed by atoms with Crippen LogP contribution in [0.15, 0.2) is 113 Å². The third-order valence-corrected chi connectivity index (χ3v) is 6.81. The van der Waals surface area contributed by atoms with Crippen molar-refractivity contribution in [3.05, 3.63) is 119 Å². The molecule has 5 rings (SSSR count). The van der Waals surface area contributed by atoms with Gasteiger partial charge in [0.2, 0.25) is 0 Å². The van der Waals surface area contributed by atoms with Crippen molar-refractivity contribution in [2.24, 2.45) is 0 Å². The van der Waals surface area contributed by atoms with E-state index in [1.165, 1.54) is 16.7 Å². The third kappa shape index (κ3) is 4.64. The summed E-state index contributed by atoms with van der Waals surface area (Å²) in [5, 5.41) is 0.488. The number of nitrogens with zero attached hydrogens (tertiary/aromatic N) is 2. The fourth-order valence-electron chi connectivity index (χ4n) is 3.78. The second kappa shape index (κ2) is 9.08. The number of hydrogen-bond donors (Lipinski definition) is 1. The van der Waals surface area contributed by atoms with Crippen LogP contribution in [0.25, 0.3) is 16.6 Å². The normalized spacial score (nSPS) is 11.3. The average Bonchev–Trinajstić information content (AvgIpc) is 2.85. The summed E-state index contributed by atoms with van der Waals surface area (Å²) < 4.78 is 35.8. The number of hydrogen-bond acceptors (Lipinski definition) is 5. The van der Waals surface area contributed by atoms with Gasteiger partial charge in [-0.2, -0.15) is 0 Å². The van der Waals surface area contributed by atoms with Gasteiger partial charge in [0.15, 0.2) is 0 Å². The van der Waals surface area contributed by atoms with Crippen LogP contribution in [0.4, 0.5) is 5.69 Å². The Morgan fingerprint density at radius 3 is 2.26 bits per heavy atom. The highest BCUT2D eigenvalue weighted by Gasteiger charge is 2.16. The second-order valence-electron chi connectivity index (χ2n) is 7.86. The molecule has 0 aliphatic carbocycles. The van der Waals surface area contributed by atoms with Gasteiger partial charge in [0.1, 0.15) is 17.3 Å². The molecule has 1 heterocycles. The van der Waals surface area contributed by atoms with E-state index in [4.69, 9.17) is 4.74 Å². The number of para-hydroxylation sites is 2. The van der Waals surface area contributed by atoms with Crippen LogP contribution in [0.3, 0.4) is 0 Å². The minimum absolute atomic E-state index is 0.0871. The van der Waals surface area contributed by atoms with Gasteiger partial charge < -0.3 is 4.74 Å². The molecule has 1 aromatic heterocycles. The van der Waals surface area contributed by atoms with Crippen molar-refractivity contribution < 1.29 is 13.2 Å². The fraction of sp³-hybridized carbons (Fsp3) is 0.0370. The van der Waals surface area contributed by atoms with Gasteiger partial charge in [-0.05, 0) is 73.7 Å². The van der Waals surface area contributed by atoms with Crippen molar-refractivity contribution in [1.29, 1.82) is 0 Å². The average molecular weight is 484 g/mol. The molecule has 0 saturated carbocycles. The SMILES string of the molecule is Cc1nc2ccccc2c(=O)n1-c1cccc(NS(=O)(=O)c2ccc(Oc3ccccc3)cc2)c1. The van der Waals surface area contributed by atoms with Gasteiger partial charge in [0, 0.05) is 0 Å². The number of ether oxygens (including phenoxy) is 1. The number of fused-ring (bicyclic) bond motifs is 1. The molecule has 0 fully saturated rings. The third-order valence-electron chi connectivity index (χ3n) is 5.41. The smallest absolute Gasteiger partial charge is 0.265 e. The largest absolute Gasteiger partial charge is 0.457 e. The van der Waals surface area contributed by atoms with Gasteiger partial charge in [-0.3, -0.25) is 14.1 Å². The van der Waals surface area contributed by atoms with Crippen molar-refractivity contribution in [2.75, 3.05) is 4.72 Å².